The summed E-state index contributed by atoms with van der Waals surface area (Å²) >= 11 is 0. The Bertz CT molecular complexity index is 1870. The third-order valence-corrected chi connectivity index (χ3v) is 13.0. The summed E-state index contributed by atoms with van der Waals surface area (Å²) in [7, 11) is 0. The molecule has 3 aliphatic carbocycles. The predicted octanol–water partition coefficient (Wildman–Crippen LogP) is 11.0. The molecule has 8 atom stereocenters. The fourth-order valence-electron chi connectivity index (χ4n) is 9.52. The van der Waals surface area contributed by atoms with Gasteiger partial charge < -0.3 is 24.4 Å². The van der Waals surface area contributed by atoms with E-state index < -0.39 is 0 Å². The SMILES string of the molecule is C=CC1CC(/C=C\C2CC(C=C)C(C(=O)OCCOCc3cc(C)c(O)c(C=NC4CCCC[C@H]4N=Cc4cc(C)cc(C)c4O)c3)C2)CC1C(=O)OCCCCCCCC. The molecule has 0 heterocycles. The molecule has 2 aromatic rings. The van der Waals surface area contributed by atoms with E-state index in [0.29, 0.717) is 25.2 Å². The third kappa shape index (κ3) is 14.0. The Labute approximate surface area is 365 Å². The van der Waals surface area contributed by atoms with Crippen LogP contribution in [0.15, 0.2) is 71.7 Å². The molecule has 2 N–H and O–H groups in total. The van der Waals surface area contributed by atoms with E-state index >= 15 is 0 Å². The van der Waals surface area contributed by atoms with E-state index in [0.717, 1.165) is 85.6 Å². The zero-order chi connectivity index (χ0) is 43.7. The topological polar surface area (TPSA) is 127 Å². The maximum absolute atomic E-state index is 13.3. The van der Waals surface area contributed by atoms with Gasteiger partial charge in [0.15, 0.2) is 0 Å². The Morgan fingerprint density at radius 3 is 1.79 bits per heavy atom. The normalized spacial score (nSPS) is 25.4. The van der Waals surface area contributed by atoms with Crippen molar-refractivity contribution in [2.45, 2.75) is 136 Å². The number of aliphatic imine (C=N–C) groups is 2. The van der Waals surface area contributed by atoms with Crippen molar-refractivity contribution in [3.8, 4) is 11.5 Å². The summed E-state index contributed by atoms with van der Waals surface area (Å²) in [4.78, 5) is 36.0. The summed E-state index contributed by atoms with van der Waals surface area (Å²) in [6.07, 6.45) is 25.9. The van der Waals surface area contributed by atoms with Crippen molar-refractivity contribution < 1.29 is 34.0 Å². The van der Waals surface area contributed by atoms with Crippen molar-refractivity contribution in [1.29, 1.82) is 0 Å². The number of esters is 2. The second kappa shape index (κ2) is 24.2. The number of hydrogen-bond donors (Lipinski definition) is 2. The molecule has 3 saturated carbocycles. The summed E-state index contributed by atoms with van der Waals surface area (Å²) in [6, 6.07) is 7.65. The summed E-state index contributed by atoms with van der Waals surface area (Å²) in [6.45, 7) is 17.2. The number of carbonyl (C=O) groups is 2. The van der Waals surface area contributed by atoms with Crippen LogP contribution in [-0.4, -0.2) is 66.5 Å². The molecule has 5 rings (SSSR count). The van der Waals surface area contributed by atoms with Crippen LogP contribution >= 0.6 is 0 Å². The molecule has 3 aliphatic rings. The molecule has 9 nitrogen and oxygen atoms in total. The monoisotopic (exact) mass is 837 g/mol. The van der Waals surface area contributed by atoms with Gasteiger partial charge >= 0.3 is 11.9 Å². The minimum Gasteiger partial charge on any atom is -0.507 e. The highest BCUT2D eigenvalue weighted by atomic mass is 16.6. The van der Waals surface area contributed by atoms with Gasteiger partial charge in [-0.3, -0.25) is 19.6 Å². The lowest BCUT2D eigenvalue weighted by Gasteiger charge is -2.25. The maximum atomic E-state index is 13.3. The fraction of sp³-hybridized carbons (Fsp3) is 0.577. The lowest BCUT2D eigenvalue weighted by atomic mass is 9.91. The molecule has 0 aromatic heterocycles. The van der Waals surface area contributed by atoms with Crippen LogP contribution in [-0.2, 0) is 30.4 Å². The van der Waals surface area contributed by atoms with Crippen LogP contribution in [0.5, 0.6) is 11.5 Å². The van der Waals surface area contributed by atoms with Gasteiger partial charge in [-0.25, -0.2) is 0 Å². The summed E-state index contributed by atoms with van der Waals surface area (Å²) in [5.41, 5.74) is 4.87. The average molecular weight is 837 g/mol. The number of aromatic hydroxyl groups is 2. The molecule has 332 valence electrons. The average Bonchev–Trinajstić information content (AvgIpc) is 3.88. The van der Waals surface area contributed by atoms with Crippen molar-refractivity contribution >= 4 is 24.4 Å². The van der Waals surface area contributed by atoms with E-state index in [4.69, 9.17) is 24.2 Å². The summed E-state index contributed by atoms with van der Waals surface area (Å²) in [5, 5.41) is 21.5. The van der Waals surface area contributed by atoms with E-state index in [-0.39, 0.29) is 84.2 Å². The van der Waals surface area contributed by atoms with Crippen molar-refractivity contribution in [2.24, 2.45) is 45.5 Å². The molecule has 0 saturated heterocycles. The standard InChI is InChI=1S/C52H72N2O7/c1-7-10-11-12-13-16-21-60-51(57)45-30-38(27-41(45)8-2)19-20-39-28-42(9-3)46(31-39)52(58)61-23-22-59-34-40-26-37(6)50(56)44(29-40)33-54-48-18-15-14-17-47(48)53-32-43-25-35(4)24-36(5)49(43)55/h8-9,19-20,24-26,29,32-33,38-39,41-42,45-48,55-56H,2-3,7,10-18,21-23,27-28,30-31,34H2,1,4-6H3/b20-19-,53-32?,54-33?/t38?,39?,41?,42?,45?,46?,47-,48?/m1/s1. The van der Waals surface area contributed by atoms with Crippen LogP contribution in [0.2, 0.25) is 0 Å². The molecule has 0 bridgehead atoms. The fourth-order valence-corrected chi connectivity index (χ4v) is 9.52. The molecule has 2 aromatic carbocycles. The van der Waals surface area contributed by atoms with Crippen molar-refractivity contribution in [3.05, 3.63) is 95.1 Å². The molecule has 0 aliphatic heterocycles. The first kappa shape index (κ1) is 47.5. The van der Waals surface area contributed by atoms with Gasteiger partial charge in [0, 0.05) is 23.6 Å². The first-order chi connectivity index (χ1) is 29.5. The Morgan fingerprint density at radius 1 is 0.689 bits per heavy atom. The van der Waals surface area contributed by atoms with Gasteiger partial charge in [-0.05, 0) is 124 Å². The molecular weight excluding hydrogens is 765 g/mol. The Balaban J connectivity index is 1.05. The van der Waals surface area contributed by atoms with Gasteiger partial charge in [0.2, 0.25) is 0 Å². The van der Waals surface area contributed by atoms with Crippen LogP contribution in [0, 0.1) is 56.3 Å². The minimum absolute atomic E-state index is 0.00960. The first-order valence-corrected chi connectivity index (χ1v) is 23.0. The smallest absolute Gasteiger partial charge is 0.309 e. The van der Waals surface area contributed by atoms with Crippen LogP contribution < -0.4 is 0 Å². The van der Waals surface area contributed by atoms with E-state index in [1.165, 1.54) is 25.7 Å². The van der Waals surface area contributed by atoms with Gasteiger partial charge in [0.1, 0.15) is 18.1 Å². The molecule has 7 unspecified atom stereocenters. The zero-order valence-corrected chi connectivity index (χ0v) is 37.4. The van der Waals surface area contributed by atoms with Crippen LogP contribution in [0.25, 0.3) is 0 Å². The minimum atomic E-state index is -0.253. The van der Waals surface area contributed by atoms with Crippen molar-refractivity contribution in [1.82, 2.24) is 0 Å². The number of aryl methyl sites for hydroxylation is 3. The maximum Gasteiger partial charge on any atom is 0.309 e. The molecule has 0 radical (unpaired) electrons. The number of allylic oxidation sites excluding steroid dienone is 4. The van der Waals surface area contributed by atoms with Crippen molar-refractivity contribution in [2.75, 3.05) is 19.8 Å². The Morgan fingerprint density at radius 2 is 1.21 bits per heavy atom. The van der Waals surface area contributed by atoms with E-state index in [1.807, 2.05) is 57.2 Å². The number of ether oxygens (including phenoxy) is 3. The van der Waals surface area contributed by atoms with Gasteiger partial charge in [-0.15, -0.1) is 13.2 Å². The molecular formula is C52H72N2O7. The number of phenolic OH excluding ortho intramolecular Hbond substituents is 2. The van der Waals surface area contributed by atoms with Gasteiger partial charge in [-0.1, -0.05) is 88.3 Å². The molecule has 0 amide bonds. The third-order valence-electron chi connectivity index (χ3n) is 13.0. The molecule has 9 heteroatoms. The number of nitrogens with zero attached hydrogens (tertiary/aromatic N) is 2. The summed E-state index contributed by atoms with van der Waals surface area (Å²) in [5.74, 6) is 0.405. The number of unbranched alkanes of at least 4 members (excludes halogenated alkanes) is 5. The molecule has 61 heavy (non-hydrogen) atoms. The van der Waals surface area contributed by atoms with Crippen LogP contribution in [0.3, 0.4) is 0 Å². The second-order valence-electron chi connectivity index (χ2n) is 17.9. The summed E-state index contributed by atoms with van der Waals surface area (Å²) < 4.78 is 17.4. The lowest BCUT2D eigenvalue weighted by molar-refractivity contribution is -0.151. The lowest BCUT2D eigenvalue weighted by Crippen LogP contribution is -2.27. The molecule has 0 spiro atoms. The number of rotatable bonds is 22. The number of hydrogen-bond acceptors (Lipinski definition) is 9. The Kier molecular flexibility index (Phi) is 18.9. The zero-order valence-electron chi connectivity index (χ0n) is 37.4. The number of benzene rings is 2. The Hall–Kier alpha value is -4.50. The van der Waals surface area contributed by atoms with Crippen LogP contribution in [0.4, 0.5) is 0 Å². The number of phenols is 2. The van der Waals surface area contributed by atoms with Crippen molar-refractivity contribution in [3.63, 3.8) is 0 Å². The van der Waals surface area contributed by atoms with E-state index in [2.05, 4.69) is 32.2 Å². The van der Waals surface area contributed by atoms with Gasteiger partial charge in [0.05, 0.1) is 43.7 Å². The second-order valence-corrected chi connectivity index (χ2v) is 17.9. The van der Waals surface area contributed by atoms with E-state index in [1.54, 1.807) is 12.4 Å². The quantitative estimate of drug-likeness (QED) is 0.0523. The first-order valence-electron chi connectivity index (χ1n) is 23.0. The highest BCUT2D eigenvalue weighted by Crippen LogP contribution is 2.42. The van der Waals surface area contributed by atoms with Crippen LogP contribution in [0.1, 0.15) is 130 Å². The highest BCUT2D eigenvalue weighted by Gasteiger charge is 2.39. The van der Waals surface area contributed by atoms with E-state index in [9.17, 15) is 19.8 Å². The largest absolute Gasteiger partial charge is 0.507 e. The van der Waals surface area contributed by atoms with Gasteiger partial charge in [0.25, 0.3) is 0 Å². The highest BCUT2D eigenvalue weighted by molar-refractivity contribution is 5.85. The molecule has 3 fully saturated rings. The van der Waals surface area contributed by atoms with Gasteiger partial charge in [-0.2, -0.15) is 0 Å². The number of carbonyl (C=O) groups excluding carboxylic acids is 2. The predicted molar refractivity (Wildman–Crippen MR) is 246 cm³/mol.